The highest BCUT2D eigenvalue weighted by atomic mass is 35.5. The van der Waals surface area contributed by atoms with Crippen LogP contribution in [-0.2, 0) is 19.6 Å². The van der Waals surface area contributed by atoms with Crippen molar-refractivity contribution in [2.75, 3.05) is 19.7 Å². The smallest absolute Gasteiger partial charge is 0.338 e. The fraction of sp³-hybridized carbons (Fsp3) is 0.269. The van der Waals surface area contributed by atoms with Crippen LogP contribution in [0.1, 0.15) is 48.0 Å². The zero-order valence-corrected chi connectivity index (χ0v) is 21.9. The fourth-order valence-corrected chi connectivity index (χ4v) is 5.66. The number of ether oxygens (including phenoxy) is 1. The summed E-state index contributed by atoms with van der Waals surface area (Å²) in [6.07, 6.45) is 1.91. The van der Waals surface area contributed by atoms with Gasteiger partial charge in [-0.15, -0.1) is 0 Å². The predicted molar refractivity (Wildman–Crippen MR) is 138 cm³/mol. The molecular formula is C26H26ClN3O6S. The largest absolute Gasteiger partial charge is 0.467 e. The Morgan fingerprint density at radius 1 is 1.11 bits per heavy atom. The Morgan fingerprint density at radius 3 is 2.49 bits per heavy atom. The van der Waals surface area contributed by atoms with E-state index in [2.05, 4.69) is 5.10 Å². The van der Waals surface area contributed by atoms with Gasteiger partial charge in [-0.3, -0.25) is 4.79 Å². The zero-order valence-electron chi connectivity index (χ0n) is 20.3. The van der Waals surface area contributed by atoms with E-state index in [4.69, 9.17) is 20.8 Å². The van der Waals surface area contributed by atoms with Gasteiger partial charge in [0.15, 0.2) is 6.61 Å². The highest BCUT2D eigenvalue weighted by Gasteiger charge is 2.35. The molecule has 1 unspecified atom stereocenters. The van der Waals surface area contributed by atoms with E-state index in [1.165, 1.54) is 39.8 Å². The Kier molecular flexibility index (Phi) is 8.11. The van der Waals surface area contributed by atoms with Crippen LogP contribution in [0.15, 0.2) is 81.3 Å². The molecule has 0 radical (unpaired) electrons. The molecule has 4 rings (SSSR count). The molecule has 11 heteroatoms. The molecule has 1 aliphatic rings. The maximum atomic E-state index is 13.1. The number of halogens is 1. The van der Waals surface area contributed by atoms with Gasteiger partial charge in [-0.1, -0.05) is 43.6 Å². The summed E-state index contributed by atoms with van der Waals surface area (Å²) >= 11 is 5.99. The minimum atomic E-state index is -3.76. The van der Waals surface area contributed by atoms with Gasteiger partial charge >= 0.3 is 5.97 Å². The van der Waals surface area contributed by atoms with E-state index in [0.717, 1.165) is 5.56 Å². The van der Waals surface area contributed by atoms with Crippen LogP contribution in [0, 0.1) is 0 Å². The topological polar surface area (TPSA) is 109 Å². The lowest BCUT2D eigenvalue weighted by molar-refractivity contribution is -0.136. The highest BCUT2D eigenvalue weighted by molar-refractivity contribution is 7.89. The summed E-state index contributed by atoms with van der Waals surface area (Å²) in [4.78, 5) is 25.8. The molecule has 0 bridgehead atoms. The van der Waals surface area contributed by atoms with Crippen LogP contribution in [0.5, 0.6) is 0 Å². The van der Waals surface area contributed by atoms with Gasteiger partial charge in [0.1, 0.15) is 11.8 Å². The number of hydrogen-bond acceptors (Lipinski definition) is 7. The second kappa shape index (κ2) is 11.3. The zero-order chi connectivity index (χ0) is 26.6. The van der Waals surface area contributed by atoms with Crippen molar-refractivity contribution < 1.29 is 27.2 Å². The summed E-state index contributed by atoms with van der Waals surface area (Å²) in [6.45, 7) is 3.49. The number of carbonyl (C=O) groups excluding carboxylic acids is 2. The molecular weight excluding hydrogens is 518 g/mol. The van der Waals surface area contributed by atoms with Gasteiger partial charge < -0.3 is 9.15 Å². The molecule has 1 aliphatic heterocycles. The van der Waals surface area contributed by atoms with Crippen molar-refractivity contribution in [3.05, 3.63) is 88.8 Å². The Morgan fingerprint density at radius 2 is 1.84 bits per heavy atom. The molecule has 0 aliphatic carbocycles. The Hall–Kier alpha value is -3.47. The average Bonchev–Trinajstić information content (AvgIpc) is 3.59. The molecule has 1 aromatic heterocycles. The number of hydrazone groups is 1. The normalized spacial score (nSPS) is 15.6. The molecule has 3 aromatic rings. The second-order valence-corrected chi connectivity index (χ2v) is 10.6. The van der Waals surface area contributed by atoms with E-state index in [1.807, 2.05) is 12.1 Å². The first-order valence-corrected chi connectivity index (χ1v) is 13.5. The third-order valence-corrected chi connectivity index (χ3v) is 8.25. The average molecular weight is 544 g/mol. The van der Waals surface area contributed by atoms with Crippen LogP contribution in [0.4, 0.5) is 0 Å². The van der Waals surface area contributed by atoms with Crippen molar-refractivity contribution in [3.8, 4) is 0 Å². The van der Waals surface area contributed by atoms with Crippen molar-refractivity contribution >= 4 is 39.2 Å². The summed E-state index contributed by atoms with van der Waals surface area (Å²) in [5.41, 5.74) is 1.49. The number of sulfonamides is 1. The number of benzene rings is 2. The molecule has 1 atom stereocenters. The van der Waals surface area contributed by atoms with Crippen molar-refractivity contribution in [1.29, 1.82) is 0 Å². The molecule has 0 saturated heterocycles. The van der Waals surface area contributed by atoms with Gasteiger partial charge in [-0.05, 0) is 48.0 Å². The van der Waals surface area contributed by atoms with E-state index in [1.54, 1.807) is 38.1 Å². The Bertz CT molecular complexity index is 1400. The SMILES string of the molecule is CCN(CC)S(=O)(=O)c1cccc(C(=O)OCC(=O)N2N=C(c3ccc(Cl)cc3)CC2c2ccco2)c1. The minimum Gasteiger partial charge on any atom is -0.467 e. The highest BCUT2D eigenvalue weighted by Crippen LogP contribution is 2.33. The number of amides is 1. The molecule has 2 aromatic carbocycles. The standard InChI is InChI=1S/C26H26ClN3O6S/c1-3-29(4-2)37(33,34)21-8-5-7-19(15-21)26(32)36-17-25(31)30-23(24-9-6-14-35-24)16-22(28-30)18-10-12-20(27)13-11-18/h5-15,23H,3-4,16-17H2,1-2H3. The summed E-state index contributed by atoms with van der Waals surface area (Å²) in [6, 6.07) is 15.6. The lowest BCUT2D eigenvalue weighted by Crippen LogP contribution is -2.31. The number of furan rings is 1. The fourth-order valence-electron chi connectivity index (χ4n) is 4.03. The first-order chi connectivity index (χ1) is 17.7. The van der Waals surface area contributed by atoms with E-state index >= 15 is 0 Å². The van der Waals surface area contributed by atoms with Gasteiger partial charge in [0, 0.05) is 24.5 Å². The first kappa shape index (κ1) is 26.6. The van der Waals surface area contributed by atoms with Crippen LogP contribution in [0.3, 0.4) is 0 Å². The molecule has 194 valence electrons. The lowest BCUT2D eigenvalue weighted by Gasteiger charge is -2.20. The summed E-state index contributed by atoms with van der Waals surface area (Å²) in [5.74, 6) is -0.826. The van der Waals surface area contributed by atoms with Crippen LogP contribution < -0.4 is 0 Å². The van der Waals surface area contributed by atoms with Crippen molar-refractivity contribution in [1.82, 2.24) is 9.31 Å². The third-order valence-electron chi connectivity index (χ3n) is 5.95. The molecule has 0 saturated carbocycles. The monoisotopic (exact) mass is 543 g/mol. The molecule has 37 heavy (non-hydrogen) atoms. The molecule has 0 N–H and O–H groups in total. The Labute approximate surface area is 220 Å². The number of carbonyl (C=O) groups is 2. The van der Waals surface area contributed by atoms with Crippen LogP contribution in [0.2, 0.25) is 5.02 Å². The Balaban J connectivity index is 1.50. The van der Waals surface area contributed by atoms with Gasteiger partial charge in [0.25, 0.3) is 5.91 Å². The van der Waals surface area contributed by atoms with Gasteiger partial charge in [0.05, 0.1) is 22.4 Å². The lowest BCUT2D eigenvalue weighted by atomic mass is 10.0. The number of hydrogen-bond donors (Lipinski definition) is 0. The van der Waals surface area contributed by atoms with Gasteiger partial charge in [-0.2, -0.15) is 9.41 Å². The summed E-state index contributed by atoms with van der Waals surface area (Å²) < 4.78 is 37.7. The minimum absolute atomic E-state index is 0.0217. The van der Waals surface area contributed by atoms with E-state index in [9.17, 15) is 18.0 Å². The summed E-state index contributed by atoms with van der Waals surface area (Å²) in [5, 5.41) is 6.31. The maximum absolute atomic E-state index is 13.1. The van der Waals surface area contributed by atoms with E-state index in [0.29, 0.717) is 36.0 Å². The molecule has 2 heterocycles. The van der Waals surface area contributed by atoms with Crippen molar-refractivity contribution in [2.45, 2.75) is 31.2 Å². The van der Waals surface area contributed by atoms with E-state index < -0.39 is 34.5 Å². The quantitative estimate of drug-likeness (QED) is 0.368. The first-order valence-electron chi connectivity index (χ1n) is 11.7. The van der Waals surface area contributed by atoms with Crippen LogP contribution in [-0.4, -0.2) is 55.0 Å². The van der Waals surface area contributed by atoms with Crippen LogP contribution >= 0.6 is 11.6 Å². The molecule has 9 nitrogen and oxygen atoms in total. The van der Waals surface area contributed by atoms with Crippen molar-refractivity contribution in [2.24, 2.45) is 5.10 Å². The van der Waals surface area contributed by atoms with Gasteiger partial charge in [0.2, 0.25) is 10.0 Å². The molecule has 0 fully saturated rings. The number of rotatable bonds is 9. The van der Waals surface area contributed by atoms with Crippen LogP contribution in [0.25, 0.3) is 0 Å². The maximum Gasteiger partial charge on any atom is 0.338 e. The summed E-state index contributed by atoms with van der Waals surface area (Å²) in [7, 11) is -3.76. The molecule has 1 amide bonds. The number of nitrogens with zero attached hydrogens (tertiary/aromatic N) is 3. The van der Waals surface area contributed by atoms with Crippen molar-refractivity contribution in [3.63, 3.8) is 0 Å². The predicted octanol–water partition coefficient (Wildman–Crippen LogP) is 4.50. The second-order valence-electron chi connectivity index (χ2n) is 8.22. The third kappa shape index (κ3) is 5.76. The van der Waals surface area contributed by atoms with E-state index in [-0.39, 0.29) is 10.5 Å². The molecule has 0 spiro atoms. The number of esters is 1. The van der Waals surface area contributed by atoms with Gasteiger partial charge in [-0.25, -0.2) is 18.2 Å².